The Morgan fingerprint density at radius 3 is 3.00 bits per heavy atom. The average molecular weight is 260 g/mol. The molecule has 2 nitrogen and oxygen atoms in total. The van der Waals surface area contributed by atoms with Gasteiger partial charge in [-0.15, -0.1) is 0 Å². The summed E-state index contributed by atoms with van der Waals surface area (Å²) in [5, 5.41) is 7.03. The molecule has 0 aromatic heterocycles. The van der Waals surface area contributed by atoms with E-state index in [4.69, 9.17) is 0 Å². The molecule has 0 fully saturated rings. The molecule has 0 amide bonds. The molecule has 1 aromatic rings. The van der Waals surface area contributed by atoms with E-state index in [-0.39, 0.29) is 0 Å². The molecule has 2 N–H and O–H groups in total. The Bertz CT molecular complexity index is 385. The van der Waals surface area contributed by atoms with Crippen LogP contribution in [0.4, 0.5) is 5.69 Å². The van der Waals surface area contributed by atoms with Gasteiger partial charge in [0.25, 0.3) is 0 Å². The minimum absolute atomic E-state index is 0.841. The first-order valence-electron chi connectivity index (χ1n) is 7.82. The Balaban J connectivity index is 1.68. The lowest BCUT2D eigenvalue weighted by molar-refractivity contribution is 0.520. The molecule has 0 saturated heterocycles. The van der Waals surface area contributed by atoms with Gasteiger partial charge in [-0.3, -0.25) is 0 Å². The van der Waals surface area contributed by atoms with Crippen LogP contribution in [0.1, 0.15) is 50.7 Å². The van der Waals surface area contributed by atoms with Crippen LogP contribution in [0.2, 0.25) is 0 Å². The maximum atomic E-state index is 3.56. The fourth-order valence-corrected chi connectivity index (χ4v) is 2.67. The molecule has 0 saturated carbocycles. The zero-order chi connectivity index (χ0) is 13.5. The van der Waals surface area contributed by atoms with Gasteiger partial charge in [0.1, 0.15) is 0 Å². The van der Waals surface area contributed by atoms with E-state index in [1.165, 1.54) is 48.9 Å². The number of unbranched alkanes of at least 4 members (excludes halogenated alkanes) is 1. The first-order valence-corrected chi connectivity index (χ1v) is 7.82. The van der Waals surface area contributed by atoms with E-state index in [1.54, 1.807) is 0 Å². The summed E-state index contributed by atoms with van der Waals surface area (Å²) < 4.78 is 0. The maximum Gasteiger partial charge on any atom is 0.0372 e. The van der Waals surface area contributed by atoms with Gasteiger partial charge in [0.15, 0.2) is 0 Å². The number of rotatable bonds is 7. The van der Waals surface area contributed by atoms with Gasteiger partial charge in [-0.1, -0.05) is 38.8 Å². The number of hydrogen-bond donors (Lipinski definition) is 2. The second kappa shape index (κ2) is 7.54. The van der Waals surface area contributed by atoms with Crippen molar-refractivity contribution < 1.29 is 0 Å². The summed E-state index contributed by atoms with van der Waals surface area (Å²) >= 11 is 0. The third-order valence-corrected chi connectivity index (χ3v) is 3.82. The summed E-state index contributed by atoms with van der Waals surface area (Å²) in [6, 6.07) is 6.85. The van der Waals surface area contributed by atoms with E-state index in [0.717, 1.165) is 25.6 Å². The summed E-state index contributed by atoms with van der Waals surface area (Å²) in [6.07, 6.45) is 6.49. The highest BCUT2D eigenvalue weighted by atomic mass is 14.9. The summed E-state index contributed by atoms with van der Waals surface area (Å²) in [6.45, 7) is 7.88. The first kappa shape index (κ1) is 14.4. The first-order chi connectivity index (χ1) is 9.25. The normalized spacial score (nSPS) is 14.3. The SMILES string of the molecule is CC(C)CCCCNCc1ccc2c(c1)CCCN2. The Morgan fingerprint density at radius 2 is 2.16 bits per heavy atom. The Hall–Kier alpha value is -1.02. The van der Waals surface area contributed by atoms with Crippen LogP contribution in [0.5, 0.6) is 0 Å². The number of hydrogen-bond acceptors (Lipinski definition) is 2. The van der Waals surface area contributed by atoms with Crippen LogP contribution in [0, 0.1) is 5.92 Å². The topological polar surface area (TPSA) is 24.1 Å². The van der Waals surface area contributed by atoms with Crippen molar-refractivity contribution >= 4 is 5.69 Å². The molecular weight excluding hydrogens is 232 g/mol. The third-order valence-electron chi connectivity index (χ3n) is 3.82. The molecule has 0 bridgehead atoms. The van der Waals surface area contributed by atoms with E-state index < -0.39 is 0 Å². The van der Waals surface area contributed by atoms with Crippen molar-refractivity contribution in [3.63, 3.8) is 0 Å². The van der Waals surface area contributed by atoms with Gasteiger partial charge in [-0.2, -0.15) is 0 Å². The predicted molar refractivity (Wildman–Crippen MR) is 83.6 cm³/mol. The Kier molecular flexibility index (Phi) is 5.71. The van der Waals surface area contributed by atoms with Crippen molar-refractivity contribution in [2.75, 3.05) is 18.4 Å². The summed E-state index contributed by atoms with van der Waals surface area (Å²) in [4.78, 5) is 0. The highest BCUT2D eigenvalue weighted by molar-refractivity contribution is 5.54. The van der Waals surface area contributed by atoms with Crippen LogP contribution >= 0.6 is 0 Å². The lowest BCUT2D eigenvalue weighted by Crippen LogP contribution is -2.16. The van der Waals surface area contributed by atoms with E-state index in [0.29, 0.717) is 0 Å². The van der Waals surface area contributed by atoms with Crippen molar-refractivity contribution in [2.45, 2.75) is 52.5 Å². The van der Waals surface area contributed by atoms with Crippen molar-refractivity contribution in [1.29, 1.82) is 0 Å². The molecule has 2 rings (SSSR count). The van der Waals surface area contributed by atoms with Crippen molar-refractivity contribution in [2.24, 2.45) is 5.92 Å². The van der Waals surface area contributed by atoms with Crippen LogP contribution in [-0.2, 0) is 13.0 Å². The number of nitrogens with one attached hydrogen (secondary N) is 2. The van der Waals surface area contributed by atoms with Crippen molar-refractivity contribution in [1.82, 2.24) is 5.32 Å². The summed E-state index contributed by atoms with van der Waals surface area (Å²) in [5.41, 5.74) is 4.25. The smallest absolute Gasteiger partial charge is 0.0372 e. The molecule has 106 valence electrons. The van der Waals surface area contributed by atoms with Gasteiger partial charge in [-0.25, -0.2) is 0 Å². The molecule has 1 aliphatic heterocycles. The number of benzene rings is 1. The predicted octanol–water partition coefficient (Wildman–Crippen LogP) is 3.96. The number of anilines is 1. The van der Waals surface area contributed by atoms with Crippen LogP contribution in [-0.4, -0.2) is 13.1 Å². The summed E-state index contributed by atoms with van der Waals surface area (Å²) in [5.74, 6) is 0.841. The van der Waals surface area contributed by atoms with E-state index in [2.05, 4.69) is 42.7 Å². The van der Waals surface area contributed by atoms with Crippen LogP contribution in [0.3, 0.4) is 0 Å². The van der Waals surface area contributed by atoms with Crippen LogP contribution in [0.25, 0.3) is 0 Å². The third kappa shape index (κ3) is 4.87. The lowest BCUT2D eigenvalue weighted by atomic mass is 10.0. The van der Waals surface area contributed by atoms with Gasteiger partial charge < -0.3 is 10.6 Å². The standard InChI is InChI=1S/C17H28N2/c1-14(2)6-3-4-10-18-13-15-8-9-17-16(12-15)7-5-11-19-17/h8-9,12,14,18-19H,3-7,10-11,13H2,1-2H3. The molecule has 0 unspecified atom stereocenters. The van der Waals surface area contributed by atoms with Crippen LogP contribution in [0.15, 0.2) is 18.2 Å². The molecule has 1 aromatic carbocycles. The molecular formula is C17H28N2. The van der Waals surface area contributed by atoms with E-state index in [9.17, 15) is 0 Å². The van der Waals surface area contributed by atoms with Gasteiger partial charge >= 0.3 is 0 Å². The zero-order valence-corrected chi connectivity index (χ0v) is 12.5. The number of aryl methyl sites for hydroxylation is 1. The zero-order valence-electron chi connectivity index (χ0n) is 12.5. The fraction of sp³-hybridized carbons (Fsp3) is 0.647. The van der Waals surface area contributed by atoms with Crippen molar-refractivity contribution in [3.8, 4) is 0 Å². The molecule has 0 radical (unpaired) electrons. The lowest BCUT2D eigenvalue weighted by Gasteiger charge is -2.18. The molecule has 1 heterocycles. The van der Waals surface area contributed by atoms with Gasteiger partial charge in [0.2, 0.25) is 0 Å². The molecule has 0 aliphatic carbocycles. The summed E-state index contributed by atoms with van der Waals surface area (Å²) in [7, 11) is 0. The monoisotopic (exact) mass is 260 g/mol. The average Bonchev–Trinajstić information content (AvgIpc) is 2.42. The highest BCUT2D eigenvalue weighted by Gasteiger charge is 2.08. The van der Waals surface area contributed by atoms with Gasteiger partial charge in [0.05, 0.1) is 0 Å². The fourth-order valence-electron chi connectivity index (χ4n) is 2.67. The Morgan fingerprint density at radius 1 is 1.26 bits per heavy atom. The second-order valence-corrected chi connectivity index (χ2v) is 6.09. The minimum Gasteiger partial charge on any atom is -0.385 e. The van der Waals surface area contributed by atoms with Gasteiger partial charge in [0, 0.05) is 18.8 Å². The highest BCUT2D eigenvalue weighted by Crippen LogP contribution is 2.22. The molecule has 0 atom stereocenters. The second-order valence-electron chi connectivity index (χ2n) is 6.09. The largest absolute Gasteiger partial charge is 0.385 e. The Labute approximate surface area is 118 Å². The van der Waals surface area contributed by atoms with E-state index >= 15 is 0 Å². The minimum atomic E-state index is 0.841. The molecule has 2 heteroatoms. The molecule has 19 heavy (non-hydrogen) atoms. The quantitative estimate of drug-likeness (QED) is 0.725. The maximum absolute atomic E-state index is 3.56. The molecule has 1 aliphatic rings. The van der Waals surface area contributed by atoms with Gasteiger partial charge in [-0.05, 0) is 48.9 Å². The van der Waals surface area contributed by atoms with Crippen molar-refractivity contribution in [3.05, 3.63) is 29.3 Å². The number of fused-ring (bicyclic) bond motifs is 1. The molecule has 0 spiro atoms. The van der Waals surface area contributed by atoms with E-state index in [1.807, 2.05) is 0 Å². The van der Waals surface area contributed by atoms with Crippen LogP contribution < -0.4 is 10.6 Å².